The Bertz CT molecular complexity index is 565. The zero-order valence-electron chi connectivity index (χ0n) is 14.6. The summed E-state index contributed by atoms with van der Waals surface area (Å²) in [5, 5.41) is 3.00. The van der Waals surface area contributed by atoms with E-state index in [2.05, 4.69) is 24.4 Å². The maximum Gasteiger partial charge on any atom is 0.242 e. The third-order valence-electron chi connectivity index (χ3n) is 4.39. The van der Waals surface area contributed by atoms with Crippen molar-refractivity contribution in [3.05, 3.63) is 35.9 Å². The molecule has 0 saturated carbocycles. The zero-order valence-corrected chi connectivity index (χ0v) is 15.4. The monoisotopic (exact) mass is 349 g/mol. The highest BCUT2D eigenvalue weighted by Gasteiger charge is 2.33. The van der Waals surface area contributed by atoms with Crippen molar-refractivity contribution in [2.75, 3.05) is 18.8 Å². The van der Waals surface area contributed by atoms with Gasteiger partial charge in [0, 0.05) is 17.5 Å². The highest BCUT2D eigenvalue weighted by Crippen LogP contribution is 2.35. The number of carbonyl (C=O) groups is 2. The van der Waals surface area contributed by atoms with Gasteiger partial charge >= 0.3 is 0 Å². The second kappa shape index (κ2) is 8.53. The van der Waals surface area contributed by atoms with Gasteiger partial charge in [-0.2, -0.15) is 11.8 Å². The van der Waals surface area contributed by atoms with Crippen molar-refractivity contribution in [1.29, 1.82) is 0 Å². The van der Waals surface area contributed by atoms with Crippen LogP contribution in [0.25, 0.3) is 0 Å². The second-order valence-electron chi connectivity index (χ2n) is 6.51. The summed E-state index contributed by atoms with van der Waals surface area (Å²) in [6, 6.07) is 9.53. The van der Waals surface area contributed by atoms with Gasteiger partial charge in [0.1, 0.15) is 0 Å². The normalized spacial score (nSPS) is 22.3. The van der Waals surface area contributed by atoms with Gasteiger partial charge in [-0.05, 0) is 11.5 Å². The lowest BCUT2D eigenvalue weighted by molar-refractivity contribution is -0.135. The van der Waals surface area contributed by atoms with Crippen molar-refractivity contribution in [2.24, 2.45) is 11.7 Å². The molecule has 1 saturated heterocycles. The van der Waals surface area contributed by atoms with Crippen LogP contribution in [0.15, 0.2) is 30.3 Å². The van der Waals surface area contributed by atoms with Crippen LogP contribution in [0.4, 0.5) is 0 Å². The molecule has 0 aliphatic carbocycles. The second-order valence-corrected chi connectivity index (χ2v) is 7.99. The molecular weight excluding hydrogens is 322 g/mol. The predicted molar refractivity (Wildman–Crippen MR) is 98.6 cm³/mol. The van der Waals surface area contributed by atoms with Crippen LogP contribution in [0.2, 0.25) is 0 Å². The van der Waals surface area contributed by atoms with E-state index in [-0.39, 0.29) is 30.3 Å². The van der Waals surface area contributed by atoms with Gasteiger partial charge in [-0.25, -0.2) is 0 Å². The summed E-state index contributed by atoms with van der Waals surface area (Å²) in [7, 11) is 0. The number of hydrogen-bond acceptors (Lipinski definition) is 4. The van der Waals surface area contributed by atoms with Crippen molar-refractivity contribution >= 4 is 23.6 Å². The molecule has 3 atom stereocenters. The van der Waals surface area contributed by atoms with Gasteiger partial charge in [0.2, 0.25) is 11.8 Å². The first kappa shape index (κ1) is 18.8. The minimum atomic E-state index is -0.585. The van der Waals surface area contributed by atoms with Crippen molar-refractivity contribution in [3.8, 4) is 0 Å². The summed E-state index contributed by atoms with van der Waals surface area (Å²) in [5.74, 6) is 0.633. The first-order chi connectivity index (χ1) is 11.4. The van der Waals surface area contributed by atoms with Gasteiger partial charge in [0.05, 0.1) is 18.6 Å². The third kappa shape index (κ3) is 4.51. The summed E-state index contributed by atoms with van der Waals surface area (Å²) in [6.45, 7) is 6.62. The summed E-state index contributed by atoms with van der Waals surface area (Å²) in [4.78, 5) is 26.5. The van der Waals surface area contributed by atoms with E-state index in [1.807, 2.05) is 48.7 Å². The van der Waals surface area contributed by atoms with E-state index < -0.39 is 6.04 Å². The fourth-order valence-corrected chi connectivity index (χ4v) is 4.05. The Hall–Kier alpha value is -1.53. The van der Waals surface area contributed by atoms with Crippen LogP contribution in [-0.2, 0) is 9.59 Å². The fourth-order valence-electron chi connectivity index (χ4n) is 2.89. The Morgan fingerprint density at radius 1 is 1.33 bits per heavy atom. The molecule has 0 spiro atoms. The minimum absolute atomic E-state index is 0.0000262. The Morgan fingerprint density at radius 3 is 2.62 bits per heavy atom. The summed E-state index contributed by atoms with van der Waals surface area (Å²) < 4.78 is 0. The van der Waals surface area contributed by atoms with Gasteiger partial charge in [-0.1, -0.05) is 51.1 Å². The molecule has 2 unspecified atom stereocenters. The highest BCUT2D eigenvalue weighted by molar-refractivity contribution is 8.00. The highest BCUT2D eigenvalue weighted by atomic mass is 32.2. The zero-order chi connectivity index (χ0) is 17.7. The molecule has 3 N–H and O–H groups in total. The molecule has 0 bridgehead atoms. The summed E-state index contributed by atoms with van der Waals surface area (Å²) >= 11 is 1.87. The Morgan fingerprint density at radius 2 is 2.00 bits per heavy atom. The molecule has 2 amide bonds. The van der Waals surface area contributed by atoms with E-state index >= 15 is 0 Å². The number of benzene rings is 1. The Kier molecular flexibility index (Phi) is 6.69. The van der Waals surface area contributed by atoms with Crippen LogP contribution < -0.4 is 11.1 Å². The molecule has 132 valence electrons. The molecule has 6 heteroatoms. The molecule has 1 aromatic rings. The summed E-state index contributed by atoms with van der Waals surface area (Å²) in [5.41, 5.74) is 6.96. The molecule has 24 heavy (non-hydrogen) atoms. The topological polar surface area (TPSA) is 75.4 Å². The lowest BCUT2D eigenvalue weighted by Crippen LogP contribution is -2.50. The van der Waals surface area contributed by atoms with E-state index in [0.29, 0.717) is 11.8 Å². The first-order valence-electron chi connectivity index (χ1n) is 8.41. The van der Waals surface area contributed by atoms with Gasteiger partial charge < -0.3 is 16.0 Å². The molecule has 2 rings (SSSR count). The molecule has 1 fully saturated rings. The van der Waals surface area contributed by atoms with Gasteiger partial charge in [0.25, 0.3) is 0 Å². The van der Waals surface area contributed by atoms with Crippen molar-refractivity contribution < 1.29 is 9.59 Å². The first-order valence-corrected chi connectivity index (χ1v) is 9.46. The van der Waals surface area contributed by atoms with E-state index in [0.717, 1.165) is 11.3 Å². The molecular formula is C18H27N3O2S. The van der Waals surface area contributed by atoms with E-state index in [4.69, 9.17) is 5.73 Å². The lowest BCUT2D eigenvalue weighted by Gasteiger charge is -2.40. The number of thioether (sulfide) groups is 1. The van der Waals surface area contributed by atoms with Crippen LogP contribution in [0, 0.1) is 5.92 Å². The van der Waals surface area contributed by atoms with Gasteiger partial charge in [0.15, 0.2) is 0 Å². The molecule has 1 aliphatic rings. The average molecular weight is 350 g/mol. The number of carbonyl (C=O) groups excluding carboxylic acids is 2. The number of nitrogens with two attached hydrogens (primary N) is 1. The standard InChI is InChI=1S/C18H27N3O2S/c1-12(2)16(19)18(23)20-11-15(22)21-9-10-24-13(3)17(21)14-7-5-4-6-8-14/h4-8,12-13,16-17H,9-11,19H2,1-3H3,(H,20,23)/t13?,16-,17?/m0/s1. The SMILES string of the molecule is CC1SCCN(C(=O)CNC(=O)[C@@H](N)C(C)C)C1c1ccccc1. The van der Waals surface area contributed by atoms with Crippen molar-refractivity contribution in [2.45, 2.75) is 38.1 Å². The van der Waals surface area contributed by atoms with Crippen LogP contribution in [-0.4, -0.2) is 46.8 Å². The van der Waals surface area contributed by atoms with Crippen LogP contribution in [0.1, 0.15) is 32.4 Å². The Labute approximate surface area is 148 Å². The summed E-state index contributed by atoms with van der Waals surface area (Å²) in [6.07, 6.45) is 0. The maximum atomic E-state index is 12.7. The third-order valence-corrected chi connectivity index (χ3v) is 5.59. The lowest BCUT2D eigenvalue weighted by atomic mass is 10.0. The van der Waals surface area contributed by atoms with Crippen LogP contribution in [0.3, 0.4) is 0 Å². The Balaban J connectivity index is 2.04. The van der Waals surface area contributed by atoms with Crippen LogP contribution >= 0.6 is 11.8 Å². The van der Waals surface area contributed by atoms with Crippen molar-refractivity contribution in [3.63, 3.8) is 0 Å². The van der Waals surface area contributed by atoms with Gasteiger partial charge in [-0.3, -0.25) is 9.59 Å². The number of hydrogen-bond donors (Lipinski definition) is 2. The van der Waals surface area contributed by atoms with E-state index in [1.54, 1.807) is 0 Å². The van der Waals surface area contributed by atoms with E-state index in [1.165, 1.54) is 0 Å². The molecule has 0 aromatic heterocycles. The molecule has 1 aliphatic heterocycles. The predicted octanol–water partition coefficient (Wildman–Crippen LogP) is 1.79. The number of nitrogens with zero attached hydrogens (tertiary/aromatic N) is 1. The quantitative estimate of drug-likeness (QED) is 0.850. The van der Waals surface area contributed by atoms with Crippen molar-refractivity contribution in [1.82, 2.24) is 10.2 Å². The molecule has 0 radical (unpaired) electrons. The minimum Gasteiger partial charge on any atom is -0.346 e. The largest absolute Gasteiger partial charge is 0.346 e. The maximum absolute atomic E-state index is 12.7. The molecule has 1 aromatic carbocycles. The number of amides is 2. The molecule has 1 heterocycles. The van der Waals surface area contributed by atoms with Gasteiger partial charge in [-0.15, -0.1) is 0 Å². The fraction of sp³-hybridized carbons (Fsp3) is 0.556. The number of nitrogens with one attached hydrogen (secondary N) is 1. The molecule has 5 nitrogen and oxygen atoms in total. The van der Waals surface area contributed by atoms with Crippen LogP contribution in [0.5, 0.6) is 0 Å². The van der Waals surface area contributed by atoms with E-state index in [9.17, 15) is 9.59 Å². The average Bonchev–Trinajstić information content (AvgIpc) is 2.59. The smallest absolute Gasteiger partial charge is 0.242 e. The number of rotatable bonds is 5.